The van der Waals surface area contributed by atoms with Gasteiger partial charge in [0.2, 0.25) is 0 Å². The second kappa shape index (κ2) is 5.24. The predicted octanol–water partition coefficient (Wildman–Crippen LogP) is 3.41. The van der Waals surface area contributed by atoms with E-state index in [9.17, 15) is 4.79 Å². The van der Waals surface area contributed by atoms with Crippen LogP contribution in [0.5, 0.6) is 5.75 Å². The van der Waals surface area contributed by atoms with Gasteiger partial charge in [0.1, 0.15) is 5.75 Å². The molecule has 0 unspecified atom stereocenters. The van der Waals surface area contributed by atoms with E-state index < -0.39 is 5.41 Å². The molecule has 104 valence electrons. The summed E-state index contributed by atoms with van der Waals surface area (Å²) in [6, 6.07) is 6.17. The first-order valence-electron chi connectivity index (χ1n) is 6.82. The minimum absolute atomic E-state index is 0.144. The van der Waals surface area contributed by atoms with E-state index in [0.29, 0.717) is 5.92 Å². The third-order valence-electron chi connectivity index (χ3n) is 4.19. The molecule has 0 radical (unpaired) electrons. The van der Waals surface area contributed by atoms with E-state index in [0.717, 1.165) is 30.6 Å². The van der Waals surface area contributed by atoms with Crippen LogP contribution in [0.25, 0.3) is 0 Å². The molecule has 0 heterocycles. The molecule has 0 N–H and O–H groups in total. The maximum Gasteiger partial charge on any atom is 0.316 e. The maximum absolute atomic E-state index is 12.1. The summed E-state index contributed by atoms with van der Waals surface area (Å²) >= 11 is 0. The van der Waals surface area contributed by atoms with Crippen molar-refractivity contribution in [2.45, 2.75) is 44.4 Å². The molecule has 0 saturated heterocycles. The van der Waals surface area contributed by atoms with Gasteiger partial charge in [-0.3, -0.25) is 4.79 Å². The van der Waals surface area contributed by atoms with Crippen molar-refractivity contribution in [1.82, 2.24) is 0 Å². The van der Waals surface area contributed by atoms with Crippen LogP contribution in [0.3, 0.4) is 0 Å². The molecule has 0 bridgehead atoms. The predicted molar refractivity (Wildman–Crippen MR) is 74.6 cm³/mol. The average Bonchev–Trinajstić information content (AvgIpc) is 2.37. The number of rotatable bonds is 4. The molecule has 0 amide bonds. The van der Waals surface area contributed by atoms with Gasteiger partial charge in [0.05, 0.1) is 19.6 Å². The molecule has 3 heteroatoms. The second-order valence-corrected chi connectivity index (χ2v) is 5.54. The van der Waals surface area contributed by atoms with E-state index in [2.05, 4.69) is 19.9 Å². The molecule has 3 nitrogen and oxygen atoms in total. The molecular formula is C16H22O3. The Labute approximate surface area is 114 Å². The third kappa shape index (κ3) is 2.22. The first kappa shape index (κ1) is 13.9. The fraction of sp³-hybridized carbons (Fsp3) is 0.562. The molecule has 1 aromatic rings. The summed E-state index contributed by atoms with van der Waals surface area (Å²) in [5.74, 6) is 1.10. The number of methoxy groups -OCH3 is 2. The summed E-state index contributed by atoms with van der Waals surface area (Å²) in [5, 5.41) is 0. The van der Waals surface area contributed by atoms with Gasteiger partial charge < -0.3 is 9.47 Å². The summed E-state index contributed by atoms with van der Waals surface area (Å²) in [4.78, 5) is 12.1. The lowest BCUT2D eigenvalue weighted by molar-refractivity contribution is -0.151. The molecule has 1 fully saturated rings. The lowest BCUT2D eigenvalue weighted by atomic mass is 9.64. The van der Waals surface area contributed by atoms with Crippen molar-refractivity contribution in [3.63, 3.8) is 0 Å². The zero-order valence-electron chi connectivity index (χ0n) is 12.2. The van der Waals surface area contributed by atoms with Crippen molar-refractivity contribution in [2.75, 3.05) is 14.2 Å². The van der Waals surface area contributed by atoms with E-state index in [4.69, 9.17) is 9.47 Å². The smallest absolute Gasteiger partial charge is 0.316 e. The minimum Gasteiger partial charge on any atom is -0.496 e. The highest BCUT2D eigenvalue weighted by Gasteiger charge is 2.48. The molecule has 2 rings (SSSR count). The lowest BCUT2D eigenvalue weighted by Crippen LogP contribution is -2.43. The van der Waals surface area contributed by atoms with Gasteiger partial charge in [0, 0.05) is 5.56 Å². The summed E-state index contributed by atoms with van der Waals surface area (Å²) in [6.45, 7) is 4.29. The SMILES string of the molecule is COC(=O)C1(c2ccc(C(C)C)cc2OC)CCC1. The largest absolute Gasteiger partial charge is 0.496 e. The average molecular weight is 262 g/mol. The lowest BCUT2D eigenvalue weighted by Gasteiger charge is -2.40. The second-order valence-electron chi connectivity index (χ2n) is 5.54. The Morgan fingerprint density at radius 2 is 1.95 bits per heavy atom. The molecule has 1 aliphatic rings. The Hall–Kier alpha value is -1.51. The zero-order valence-corrected chi connectivity index (χ0v) is 12.2. The summed E-state index contributed by atoms with van der Waals surface area (Å²) in [5.41, 5.74) is 1.70. The standard InChI is InChI=1S/C16H22O3/c1-11(2)12-6-7-13(14(10-12)18-3)16(8-5-9-16)15(17)19-4/h6-7,10-11H,5,8-9H2,1-4H3. The van der Waals surface area contributed by atoms with Crippen LogP contribution < -0.4 is 4.74 Å². The molecule has 1 aromatic carbocycles. The highest BCUT2D eigenvalue weighted by molar-refractivity contribution is 5.85. The molecule has 0 aromatic heterocycles. The summed E-state index contributed by atoms with van der Waals surface area (Å²) < 4.78 is 10.5. The molecule has 1 saturated carbocycles. The zero-order chi connectivity index (χ0) is 14.0. The van der Waals surface area contributed by atoms with Crippen LogP contribution in [-0.4, -0.2) is 20.2 Å². The Morgan fingerprint density at radius 3 is 2.37 bits per heavy atom. The quantitative estimate of drug-likeness (QED) is 0.780. The normalized spacial score (nSPS) is 16.9. The van der Waals surface area contributed by atoms with Gasteiger partial charge in [0.15, 0.2) is 0 Å². The van der Waals surface area contributed by atoms with E-state index in [1.807, 2.05) is 12.1 Å². The topological polar surface area (TPSA) is 35.5 Å². The van der Waals surface area contributed by atoms with Crippen LogP contribution in [0.2, 0.25) is 0 Å². The van der Waals surface area contributed by atoms with E-state index >= 15 is 0 Å². The molecule has 1 aliphatic carbocycles. The number of carbonyl (C=O) groups excluding carboxylic acids is 1. The maximum atomic E-state index is 12.1. The molecule has 0 atom stereocenters. The van der Waals surface area contributed by atoms with Crippen LogP contribution in [-0.2, 0) is 14.9 Å². The first-order valence-corrected chi connectivity index (χ1v) is 6.82. The Kier molecular flexibility index (Phi) is 3.83. The van der Waals surface area contributed by atoms with E-state index in [1.54, 1.807) is 7.11 Å². The van der Waals surface area contributed by atoms with Crippen molar-refractivity contribution in [1.29, 1.82) is 0 Å². The molecule has 19 heavy (non-hydrogen) atoms. The number of hydrogen-bond acceptors (Lipinski definition) is 3. The van der Waals surface area contributed by atoms with Gasteiger partial charge in [0.25, 0.3) is 0 Å². The first-order chi connectivity index (χ1) is 9.05. The van der Waals surface area contributed by atoms with Gasteiger partial charge in [-0.2, -0.15) is 0 Å². The van der Waals surface area contributed by atoms with Crippen LogP contribution in [0, 0.1) is 0 Å². The Morgan fingerprint density at radius 1 is 1.26 bits per heavy atom. The van der Waals surface area contributed by atoms with Gasteiger partial charge in [-0.15, -0.1) is 0 Å². The monoisotopic (exact) mass is 262 g/mol. The van der Waals surface area contributed by atoms with E-state index in [-0.39, 0.29) is 5.97 Å². The fourth-order valence-electron chi connectivity index (χ4n) is 2.77. The molecular weight excluding hydrogens is 240 g/mol. The van der Waals surface area contributed by atoms with Crippen molar-refractivity contribution in [3.8, 4) is 5.75 Å². The fourth-order valence-corrected chi connectivity index (χ4v) is 2.77. The highest BCUT2D eigenvalue weighted by Crippen LogP contribution is 2.48. The third-order valence-corrected chi connectivity index (χ3v) is 4.19. The van der Waals surface area contributed by atoms with Gasteiger partial charge in [-0.1, -0.05) is 32.4 Å². The van der Waals surface area contributed by atoms with Crippen LogP contribution in [0.1, 0.15) is 50.2 Å². The van der Waals surface area contributed by atoms with E-state index in [1.165, 1.54) is 12.7 Å². The summed E-state index contributed by atoms with van der Waals surface area (Å²) in [6.07, 6.45) is 2.75. The minimum atomic E-state index is -0.490. The van der Waals surface area contributed by atoms with Crippen LogP contribution in [0.15, 0.2) is 18.2 Å². The Balaban J connectivity index is 2.46. The highest BCUT2D eigenvalue weighted by atomic mass is 16.5. The van der Waals surface area contributed by atoms with Gasteiger partial charge in [-0.05, 0) is 30.4 Å². The molecule has 0 spiro atoms. The van der Waals surface area contributed by atoms with Gasteiger partial charge in [-0.25, -0.2) is 0 Å². The van der Waals surface area contributed by atoms with Gasteiger partial charge >= 0.3 is 5.97 Å². The number of hydrogen-bond donors (Lipinski definition) is 0. The van der Waals surface area contributed by atoms with Crippen molar-refractivity contribution in [3.05, 3.63) is 29.3 Å². The van der Waals surface area contributed by atoms with Crippen molar-refractivity contribution >= 4 is 5.97 Å². The Bertz CT molecular complexity index is 473. The summed E-state index contributed by atoms with van der Waals surface area (Å²) in [7, 11) is 3.12. The van der Waals surface area contributed by atoms with Crippen molar-refractivity contribution < 1.29 is 14.3 Å². The number of carbonyl (C=O) groups is 1. The molecule has 0 aliphatic heterocycles. The number of benzene rings is 1. The number of esters is 1. The van der Waals surface area contributed by atoms with Crippen LogP contribution in [0.4, 0.5) is 0 Å². The van der Waals surface area contributed by atoms with Crippen LogP contribution >= 0.6 is 0 Å². The van der Waals surface area contributed by atoms with Crippen molar-refractivity contribution in [2.24, 2.45) is 0 Å². The number of ether oxygens (including phenoxy) is 2.